The van der Waals surface area contributed by atoms with E-state index >= 15 is 0 Å². The first-order chi connectivity index (χ1) is 18.3. The van der Waals surface area contributed by atoms with Gasteiger partial charge in [0.1, 0.15) is 11.9 Å². The van der Waals surface area contributed by atoms with E-state index in [1.165, 1.54) is 12.1 Å². The zero-order valence-electron chi connectivity index (χ0n) is 20.8. The summed E-state index contributed by atoms with van der Waals surface area (Å²) in [4.78, 5) is 25.4. The average molecular weight is 521 g/mol. The lowest BCUT2D eigenvalue weighted by molar-refractivity contribution is -0.138. The number of carbonyl (C=O) groups is 1. The summed E-state index contributed by atoms with van der Waals surface area (Å²) in [6.07, 6.45) is 0.652. The lowest BCUT2D eigenvalue weighted by Gasteiger charge is -2.28. The van der Waals surface area contributed by atoms with Crippen LogP contribution in [0.2, 0.25) is 0 Å². The SMILES string of the molecule is Cc1ccc(C(=O)Nc2ccc(CN3CCNCC3)c(C(F)(F)F)c2)cc1C#CC1CN=C2C=NC=CN21. The van der Waals surface area contributed by atoms with Gasteiger partial charge in [-0.3, -0.25) is 19.7 Å². The molecular weight excluding hydrogens is 493 g/mol. The topological polar surface area (TPSA) is 72.3 Å². The smallest absolute Gasteiger partial charge is 0.322 e. The number of carbonyl (C=O) groups excluding carboxylic acids is 1. The Kier molecular flexibility index (Phi) is 7.31. The molecule has 7 nitrogen and oxygen atoms in total. The molecule has 3 aliphatic rings. The number of amides is 1. The molecule has 1 amide bonds. The van der Waals surface area contributed by atoms with Crippen LogP contribution < -0.4 is 10.6 Å². The lowest BCUT2D eigenvalue weighted by Crippen LogP contribution is -2.43. The number of fused-ring (bicyclic) bond motifs is 1. The molecule has 0 bridgehead atoms. The molecule has 2 aromatic rings. The van der Waals surface area contributed by atoms with E-state index in [1.54, 1.807) is 30.6 Å². The van der Waals surface area contributed by atoms with Crippen LogP contribution in [0.25, 0.3) is 0 Å². The number of halogens is 3. The number of piperazine rings is 1. The largest absolute Gasteiger partial charge is 0.416 e. The van der Waals surface area contributed by atoms with Crippen molar-refractivity contribution in [3.05, 3.63) is 76.6 Å². The highest BCUT2D eigenvalue weighted by Crippen LogP contribution is 2.34. The maximum absolute atomic E-state index is 13.9. The number of nitrogens with zero attached hydrogens (tertiary/aromatic N) is 4. The Bertz CT molecular complexity index is 1380. The molecule has 10 heteroatoms. The standard InChI is InChI=1S/C28H27F3N6O/c1-19-2-3-21(14-20(19)5-7-24-16-34-26-17-33-10-13-37(24)26)27(38)35-23-6-4-22(25(15-23)28(29,30)31)18-36-11-8-32-9-12-36/h2-4,6,10,13-15,17,24,32H,8-9,11-12,16,18H2,1H3,(H,35,38). The molecule has 1 atom stereocenters. The second kappa shape index (κ2) is 10.8. The number of benzene rings is 2. The number of hydrogen-bond acceptors (Lipinski definition) is 6. The molecule has 2 aromatic carbocycles. The highest BCUT2D eigenvalue weighted by Gasteiger charge is 2.34. The van der Waals surface area contributed by atoms with Crippen molar-refractivity contribution in [2.24, 2.45) is 9.98 Å². The van der Waals surface area contributed by atoms with Gasteiger partial charge in [-0.2, -0.15) is 13.2 Å². The fourth-order valence-electron chi connectivity index (χ4n) is 4.56. The van der Waals surface area contributed by atoms with Crippen LogP contribution in [-0.2, 0) is 12.7 Å². The average Bonchev–Trinajstić information content (AvgIpc) is 3.32. The minimum absolute atomic E-state index is 0.0915. The van der Waals surface area contributed by atoms with Crippen molar-refractivity contribution in [3.63, 3.8) is 0 Å². The van der Waals surface area contributed by atoms with E-state index in [2.05, 4.69) is 32.5 Å². The predicted molar refractivity (Wildman–Crippen MR) is 141 cm³/mol. The van der Waals surface area contributed by atoms with Gasteiger partial charge in [0, 0.05) is 61.9 Å². The van der Waals surface area contributed by atoms with Gasteiger partial charge in [0.25, 0.3) is 5.91 Å². The van der Waals surface area contributed by atoms with E-state index in [-0.39, 0.29) is 23.8 Å². The van der Waals surface area contributed by atoms with Crippen molar-refractivity contribution < 1.29 is 18.0 Å². The first-order valence-electron chi connectivity index (χ1n) is 12.4. The third kappa shape index (κ3) is 5.79. The summed E-state index contributed by atoms with van der Waals surface area (Å²) < 4.78 is 41.6. The molecular formula is C28H27F3N6O. The normalized spacial score (nSPS) is 19.0. The third-order valence-electron chi connectivity index (χ3n) is 6.68. The second-order valence-corrected chi connectivity index (χ2v) is 9.35. The molecule has 0 saturated carbocycles. The van der Waals surface area contributed by atoms with Gasteiger partial charge in [-0.05, 0) is 42.3 Å². The Morgan fingerprint density at radius 3 is 2.79 bits per heavy atom. The highest BCUT2D eigenvalue weighted by molar-refractivity contribution is 6.31. The second-order valence-electron chi connectivity index (χ2n) is 9.35. The highest BCUT2D eigenvalue weighted by atomic mass is 19.4. The molecule has 3 aliphatic heterocycles. The number of rotatable bonds is 4. The Balaban J connectivity index is 1.32. The van der Waals surface area contributed by atoms with Crippen LogP contribution in [0.3, 0.4) is 0 Å². The Labute approximate surface area is 219 Å². The van der Waals surface area contributed by atoms with E-state index in [0.29, 0.717) is 30.8 Å². The van der Waals surface area contributed by atoms with Crippen molar-refractivity contribution in [1.82, 2.24) is 15.1 Å². The molecule has 38 heavy (non-hydrogen) atoms. The molecule has 2 N–H and O–H groups in total. The molecule has 5 rings (SSSR count). The molecule has 0 spiro atoms. The Morgan fingerprint density at radius 2 is 2.00 bits per heavy atom. The van der Waals surface area contributed by atoms with E-state index in [1.807, 2.05) is 22.9 Å². The van der Waals surface area contributed by atoms with Crippen LogP contribution in [0.15, 0.2) is 58.8 Å². The fraction of sp³-hybridized carbons (Fsp3) is 0.321. The van der Waals surface area contributed by atoms with Crippen LogP contribution >= 0.6 is 0 Å². The van der Waals surface area contributed by atoms with Gasteiger partial charge < -0.3 is 15.5 Å². The first-order valence-corrected chi connectivity index (χ1v) is 12.4. The number of nitrogens with one attached hydrogen (secondary N) is 2. The van der Waals surface area contributed by atoms with E-state index in [0.717, 1.165) is 30.6 Å². The summed E-state index contributed by atoms with van der Waals surface area (Å²) in [6, 6.07) is 8.92. The lowest BCUT2D eigenvalue weighted by atomic mass is 10.0. The zero-order valence-corrected chi connectivity index (χ0v) is 20.8. The number of aryl methyl sites for hydroxylation is 1. The zero-order chi connectivity index (χ0) is 26.7. The molecule has 0 aliphatic carbocycles. The van der Waals surface area contributed by atoms with Gasteiger partial charge in [-0.1, -0.05) is 24.0 Å². The molecule has 1 unspecified atom stereocenters. The molecule has 0 aromatic heterocycles. The number of anilines is 1. The van der Waals surface area contributed by atoms with Crippen LogP contribution in [0.1, 0.15) is 32.6 Å². The van der Waals surface area contributed by atoms with Crippen LogP contribution in [0, 0.1) is 18.8 Å². The fourth-order valence-corrected chi connectivity index (χ4v) is 4.56. The summed E-state index contributed by atoms with van der Waals surface area (Å²) in [6.45, 7) is 5.49. The van der Waals surface area contributed by atoms with Gasteiger partial charge in [-0.15, -0.1) is 0 Å². The van der Waals surface area contributed by atoms with Crippen molar-refractivity contribution >= 4 is 23.6 Å². The third-order valence-corrected chi connectivity index (χ3v) is 6.68. The minimum atomic E-state index is -4.53. The maximum Gasteiger partial charge on any atom is 0.416 e. The van der Waals surface area contributed by atoms with Gasteiger partial charge in [0.15, 0.2) is 0 Å². The number of amidine groups is 1. The number of hydrogen-bond donors (Lipinski definition) is 2. The Hall–Kier alpha value is -3.94. The summed E-state index contributed by atoms with van der Waals surface area (Å²) in [7, 11) is 0. The van der Waals surface area contributed by atoms with Crippen molar-refractivity contribution in [3.8, 4) is 11.8 Å². The monoisotopic (exact) mass is 520 g/mol. The van der Waals surface area contributed by atoms with Gasteiger partial charge in [-0.25, -0.2) is 0 Å². The predicted octanol–water partition coefficient (Wildman–Crippen LogP) is 3.66. The molecule has 196 valence electrons. The van der Waals surface area contributed by atoms with E-state index in [4.69, 9.17) is 0 Å². The van der Waals surface area contributed by atoms with E-state index in [9.17, 15) is 18.0 Å². The van der Waals surface area contributed by atoms with Crippen molar-refractivity contribution in [1.29, 1.82) is 0 Å². The summed E-state index contributed by atoms with van der Waals surface area (Å²) >= 11 is 0. The minimum Gasteiger partial charge on any atom is -0.322 e. The van der Waals surface area contributed by atoms with Gasteiger partial charge >= 0.3 is 6.18 Å². The molecule has 1 saturated heterocycles. The van der Waals surface area contributed by atoms with E-state index < -0.39 is 17.6 Å². The van der Waals surface area contributed by atoms with Crippen molar-refractivity contribution in [2.45, 2.75) is 25.7 Å². The van der Waals surface area contributed by atoms with Gasteiger partial charge in [0.05, 0.1) is 18.3 Å². The maximum atomic E-state index is 13.9. The Morgan fingerprint density at radius 1 is 1.18 bits per heavy atom. The molecule has 3 heterocycles. The van der Waals surface area contributed by atoms with Crippen LogP contribution in [-0.4, -0.2) is 66.5 Å². The summed E-state index contributed by atoms with van der Waals surface area (Å²) in [5, 5.41) is 5.82. The van der Waals surface area contributed by atoms with Gasteiger partial charge in [0.2, 0.25) is 0 Å². The molecule has 0 radical (unpaired) electrons. The van der Waals surface area contributed by atoms with Crippen LogP contribution in [0.5, 0.6) is 0 Å². The summed E-state index contributed by atoms with van der Waals surface area (Å²) in [5.74, 6) is 6.60. The number of aliphatic imine (C=N–C) groups is 2. The summed E-state index contributed by atoms with van der Waals surface area (Å²) in [5.41, 5.74) is 1.42. The number of alkyl halides is 3. The first kappa shape index (κ1) is 25.7. The van der Waals surface area contributed by atoms with Crippen molar-refractivity contribution in [2.75, 3.05) is 38.0 Å². The van der Waals surface area contributed by atoms with Crippen LogP contribution in [0.4, 0.5) is 18.9 Å². The quantitative estimate of drug-likeness (QED) is 0.604. The molecule has 1 fully saturated rings.